The number of rotatable bonds is 8. The molecule has 1 atom stereocenters. The summed E-state index contributed by atoms with van der Waals surface area (Å²) in [6, 6.07) is 11.2. The molecule has 5 nitrogen and oxygen atoms in total. The second kappa shape index (κ2) is 11.1. The largest absolute Gasteiger partial charge is 0.484 e. The van der Waals surface area contributed by atoms with E-state index in [1.54, 1.807) is 42.5 Å². The highest BCUT2D eigenvalue weighted by atomic mass is 35.5. The summed E-state index contributed by atoms with van der Waals surface area (Å²) in [5.74, 6) is -0.115. The average Bonchev–Trinajstić information content (AvgIpc) is 2.66. The van der Waals surface area contributed by atoms with Crippen LogP contribution in [0.25, 0.3) is 0 Å². The van der Waals surface area contributed by atoms with Crippen molar-refractivity contribution in [1.82, 2.24) is 10.2 Å². The van der Waals surface area contributed by atoms with Crippen LogP contribution in [-0.2, 0) is 16.1 Å². The number of ether oxygens (including phenoxy) is 1. The molecule has 2 rings (SSSR count). The summed E-state index contributed by atoms with van der Waals surface area (Å²) in [5.41, 5.74) is 0.248. The number of benzene rings is 2. The zero-order chi connectivity index (χ0) is 23.2. The van der Waals surface area contributed by atoms with Gasteiger partial charge in [-0.25, -0.2) is 0 Å². The minimum Gasteiger partial charge on any atom is -0.484 e. The van der Waals surface area contributed by atoms with Gasteiger partial charge in [0, 0.05) is 27.2 Å². The monoisotopic (exact) mass is 484 g/mol. The van der Waals surface area contributed by atoms with E-state index in [0.717, 1.165) is 0 Å². The van der Waals surface area contributed by atoms with Gasteiger partial charge in [0.2, 0.25) is 5.91 Å². The zero-order valence-electron chi connectivity index (χ0n) is 18.0. The van der Waals surface area contributed by atoms with Crippen LogP contribution in [0.2, 0.25) is 15.1 Å². The van der Waals surface area contributed by atoms with E-state index in [0.29, 0.717) is 32.8 Å². The summed E-state index contributed by atoms with van der Waals surface area (Å²) >= 11 is 18.3. The van der Waals surface area contributed by atoms with Crippen molar-refractivity contribution in [3.05, 3.63) is 63.1 Å². The molecule has 2 amide bonds. The van der Waals surface area contributed by atoms with Gasteiger partial charge in [0.05, 0.1) is 0 Å². The fourth-order valence-electron chi connectivity index (χ4n) is 2.99. The quantitative estimate of drug-likeness (QED) is 0.518. The fraction of sp³-hybridized carbons (Fsp3) is 0.391. The highest BCUT2D eigenvalue weighted by Gasteiger charge is 2.31. The van der Waals surface area contributed by atoms with E-state index >= 15 is 0 Å². The molecule has 0 aliphatic carbocycles. The molecule has 0 heterocycles. The van der Waals surface area contributed by atoms with Gasteiger partial charge in [0.1, 0.15) is 11.8 Å². The second-order valence-electron chi connectivity index (χ2n) is 8.17. The third kappa shape index (κ3) is 7.91. The third-order valence-electron chi connectivity index (χ3n) is 4.40. The molecule has 0 saturated heterocycles. The number of hydrogen-bond donors (Lipinski definition) is 1. The van der Waals surface area contributed by atoms with E-state index in [1.165, 1.54) is 4.90 Å². The molecule has 0 aromatic heterocycles. The molecule has 2 aromatic carbocycles. The minimum atomic E-state index is -0.693. The molecule has 0 spiro atoms. The molecular weight excluding hydrogens is 459 g/mol. The first-order chi connectivity index (χ1) is 14.5. The van der Waals surface area contributed by atoms with Crippen LogP contribution in [0.3, 0.4) is 0 Å². The van der Waals surface area contributed by atoms with Gasteiger partial charge in [-0.15, -0.1) is 0 Å². The summed E-state index contributed by atoms with van der Waals surface area (Å²) in [6.07, 6.45) is 0.427. The van der Waals surface area contributed by atoms with Gasteiger partial charge in [-0.3, -0.25) is 9.59 Å². The Balaban J connectivity index is 2.28. The lowest BCUT2D eigenvalue weighted by Gasteiger charge is -2.33. The number of nitrogens with zero attached hydrogens (tertiary/aromatic N) is 1. The number of hydrogen-bond acceptors (Lipinski definition) is 3. The summed E-state index contributed by atoms with van der Waals surface area (Å²) in [7, 11) is 0. The maximum absolute atomic E-state index is 13.2. The number of halogens is 3. The molecular formula is C23H27Cl3N2O3. The lowest BCUT2D eigenvalue weighted by Crippen LogP contribution is -2.54. The highest BCUT2D eigenvalue weighted by molar-refractivity contribution is 6.35. The van der Waals surface area contributed by atoms with Crippen molar-refractivity contribution >= 4 is 46.6 Å². The molecule has 0 aliphatic rings. The van der Waals surface area contributed by atoms with E-state index in [1.807, 2.05) is 27.7 Å². The first-order valence-electron chi connectivity index (χ1n) is 9.94. The van der Waals surface area contributed by atoms with Crippen LogP contribution in [0.5, 0.6) is 5.75 Å². The van der Waals surface area contributed by atoms with Crippen LogP contribution in [0.1, 0.15) is 39.7 Å². The lowest BCUT2D eigenvalue weighted by molar-refractivity contribution is -0.143. The predicted octanol–water partition coefficient (Wildman–Crippen LogP) is 5.75. The van der Waals surface area contributed by atoms with Gasteiger partial charge in [0.25, 0.3) is 5.91 Å². The fourth-order valence-corrected chi connectivity index (χ4v) is 3.64. The molecule has 31 heavy (non-hydrogen) atoms. The van der Waals surface area contributed by atoms with Crippen LogP contribution in [0.15, 0.2) is 42.5 Å². The SMILES string of the molecule is CCC(C(=O)NC(C)(C)C)N(Cc1ccc(Cl)cc1Cl)C(=O)COc1cccc(Cl)c1. The smallest absolute Gasteiger partial charge is 0.261 e. The lowest BCUT2D eigenvalue weighted by atomic mass is 10.1. The van der Waals surface area contributed by atoms with Gasteiger partial charge < -0.3 is 15.0 Å². The van der Waals surface area contributed by atoms with Crippen LogP contribution < -0.4 is 10.1 Å². The zero-order valence-corrected chi connectivity index (χ0v) is 20.3. The van der Waals surface area contributed by atoms with E-state index in [9.17, 15) is 9.59 Å². The van der Waals surface area contributed by atoms with Crippen molar-refractivity contribution in [2.45, 2.75) is 52.2 Å². The average molecular weight is 486 g/mol. The Hall–Kier alpha value is -1.95. The standard InChI is InChI=1S/C23H27Cl3N2O3/c1-5-20(22(30)27-23(2,3)4)28(13-15-9-10-17(25)12-19(15)26)21(29)14-31-18-8-6-7-16(24)11-18/h6-12,20H,5,13-14H2,1-4H3,(H,27,30). The van der Waals surface area contributed by atoms with Gasteiger partial charge in [0.15, 0.2) is 6.61 Å². The maximum atomic E-state index is 13.2. The Labute approximate surface area is 198 Å². The van der Waals surface area contributed by atoms with Crippen LogP contribution in [0.4, 0.5) is 0 Å². The topological polar surface area (TPSA) is 58.6 Å². The van der Waals surface area contributed by atoms with Gasteiger partial charge in [-0.2, -0.15) is 0 Å². The second-order valence-corrected chi connectivity index (χ2v) is 9.45. The molecule has 0 bridgehead atoms. The van der Waals surface area contributed by atoms with E-state index in [4.69, 9.17) is 39.5 Å². The summed E-state index contributed by atoms with van der Waals surface area (Å²) < 4.78 is 5.63. The molecule has 168 valence electrons. The maximum Gasteiger partial charge on any atom is 0.261 e. The van der Waals surface area contributed by atoms with Crippen molar-refractivity contribution in [3.8, 4) is 5.75 Å². The molecule has 8 heteroatoms. The Morgan fingerprint density at radius 1 is 1.06 bits per heavy atom. The first-order valence-corrected chi connectivity index (χ1v) is 11.1. The Morgan fingerprint density at radius 2 is 1.74 bits per heavy atom. The first kappa shape index (κ1) is 25.3. The predicted molar refractivity (Wildman–Crippen MR) is 126 cm³/mol. The van der Waals surface area contributed by atoms with Crippen LogP contribution in [0, 0.1) is 0 Å². The van der Waals surface area contributed by atoms with Crippen molar-refractivity contribution in [3.63, 3.8) is 0 Å². The third-order valence-corrected chi connectivity index (χ3v) is 5.22. The molecule has 1 N–H and O–H groups in total. The van der Waals surface area contributed by atoms with E-state index < -0.39 is 11.6 Å². The molecule has 2 aromatic rings. The Morgan fingerprint density at radius 3 is 2.32 bits per heavy atom. The summed E-state index contributed by atoms with van der Waals surface area (Å²) in [4.78, 5) is 27.6. The van der Waals surface area contributed by atoms with E-state index in [-0.39, 0.29) is 25.0 Å². The van der Waals surface area contributed by atoms with Crippen molar-refractivity contribution in [1.29, 1.82) is 0 Å². The molecule has 0 aliphatic heterocycles. The molecule has 1 unspecified atom stereocenters. The number of nitrogens with one attached hydrogen (secondary N) is 1. The van der Waals surface area contributed by atoms with Gasteiger partial charge >= 0.3 is 0 Å². The van der Waals surface area contributed by atoms with Crippen LogP contribution in [-0.4, -0.2) is 34.9 Å². The Bertz CT molecular complexity index is 929. The Kier molecular flexibility index (Phi) is 9.04. The van der Waals surface area contributed by atoms with Gasteiger partial charge in [-0.1, -0.05) is 53.9 Å². The van der Waals surface area contributed by atoms with Gasteiger partial charge in [-0.05, 0) is 63.1 Å². The van der Waals surface area contributed by atoms with Crippen molar-refractivity contribution in [2.75, 3.05) is 6.61 Å². The van der Waals surface area contributed by atoms with Crippen LogP contribution >= 0.6 is 34.8 Å². The van der Waals surface area contributed by atoms with Crippen molar-refractivity contribution in [2.24, 2.45) is 0 Å². The number of amides is 2. The molecule has 0 radical (unpaired) electrons. The van der Waals surface area contributed by atoms with Crippen molar-refractivity contribution < 1.29 is 14.3 Å². The number of carbonyl (C=O) groups excluding carboxylic acids is 2. The molecule has 0 saturated carbocycles. The minimum absolute atomic E-state index is 0.143. The summed E-state index contributed by atoms with van der Waals surface area (Å²) in [6.45, 7) is 7.43. The van der Waals surface area contributed by atoms with E-state index in [2.05, 4.69) is 5.32 Å². The normalized spacial score (nSPS) is 12.2. The highest BCUT2D eigenvalue weighted by Crippen LogP contribution is 2.24. The number of carbonyl (C=O) groups is 2. The summed E-state index contributed by atoms with van der Waals surface area (Å²) in [5, 5.41) is 4.37. The molecule has 0 fully saturated rings.